The van der Waals surface area contributed by atoms with Gasteiger partial charge in [0.05, 0.1) is 18.1 Å². The van der Waals surface area contributed by atoms with Crippen LogP contribution in [0.1, 0.15) is 5.56 Å². The fourth-order valence-corrected chi connectivity index (χ4v) is 5.61. The Balaban J connectivity index is 1.90. The SMILES string of the molecule is Cc1ccccc1S(=O)(=O)N1C[C@@H]2COC[C@@]2(CN(C)C)C1. The topological polar surface area (TPSA) is 49.9 Å². The number of sulfonamides is 1. The Bertz CT molecular complexity index is 659. The zero-order valence-electron chi connectivity index (χ0n) is 13.4. The van der Waals surface area contributed by atoms with Crippen molar-refractivity contribution in [3.63, 3.8) is 0 Å². The van der Waals surface area contributed by atoms with Crippen LogP contribution in [-0.2, 0) is 14.8 Å². The van der Waals surface area contributed by atoms with E-state index in [1.54, 1.807) is 16.4 Å². The average Bonchev–Trinajstić information content (AvgIpc) is 2.94. The Labute approximate surface area is 132 Å². The molecule has 0 radical (unpaired) electrons. The molecular weight excluding hydrogens is 300 g/mol. The second kappa shape index (κ2) is 5.60. The fourth-order valence-electron chi connectivity index (χ4n) is 3.80. The highest BCUT2D eigenvalue weighted by Gasteiger charge is 2.53. The van der Waals surface area contributed by atoms with Gasteiger partial charge in [-0.3, -0.25) is 0 Å². The molecule has 0 bridgehead atoms. The third-order valence-corrected chi connectivity index (χ3v) is 6.80. The maximum absolute atomic E-state index is 13.0. The highest BCUT2D eigenvalue weighted by molar-refractivity contribution is 7.89. The van der Waals surface area contributed by atoms with Crippen molar-refractivity contribution in [1.29, 1.82) is 0 Å². The third kappa shape index (κ3) is 2.58. The first kappa shape index (κ1) is 15.9. The van der Waals surface area contributed by atoms with Gasteiger partial charge in [-0.25, -0.2) is 8.42 Å². The van der Waals surface area contributed by atoms with Crippen molar-refractivity contribution in [2.24, 2.45) is 11.3 Å². The van der Waals surface area contributed by atoms with Crippen molar-refractivity contribution in [2.75, 3.05) is 46.9 Å². The highest BCUT2D eigenvalue weighted by atomic mass is 32.2. The van der Waals surface area contributed by atoms with Gasteiger partial charge in [0.2, 0.25) is 10.0 Å². The number of hydrogen-bond acceptors (Lipinski definition) is 4. The van der Waals surface area contributed by atoms with E-state index in [4.69, 9.17) is 4.74 Å². The van der Waals surface area contributed by atoms with E-state index in [0.29, 0.717) is 31.2 Å². The summed E-state index contributed by atoms with van der Waals surface area (Å²) in [6.07, 6.45) is 0. The second-order valence-electron chi connectivity index (χ2n) is 6.88. The standard InChI is InChI=1S/C16H24N2O3S/c1-13-6-4-5-7-15(13)22(19,20)18-8-14-9-21-12-16(14,11-18)10-17(2)3/h4-7,14H,8-12H2,1-3H3/t14-,16-/m1/s1. The van der Waals surface area contributed by atoms with Crippen LogP contribution in [0.15, 0.2) is 29.2 Å². The summed E-state index contributed by atoms with van der Waals surface area (Å²) in [4.78, 5) is 2.56. The molecule has 3 rings (SSSR count). The van der Waals surface area contributed by atoms with Crippen LogP contribution in [0.3, 0.4) is 0 Å². The zero-order valence-corrected chi connectivity index (χ0v) is 14.3. The molecule has 2 aliphatic rings. The smallest absolute Gasteiger partial charge is 0.243 e. The monoisotopic (exact) mass is 324 g/mol. The van der Waals surface area contributed by atoms with Crippen LogP contribution < -0.4 is 0 Å². The lowest BCUT2D eigenvalue weighted by molar-refractivity contribution is 0.124. The van der Waals surface area contributed by atoms with E-state index in [9.17, 15) is 8.42 Å². The van der Waals surface area contributed by atoms with Crippen molar-refractivity contribution >= 4 is 10.0 Å². The minimum absolute atomic E-state index is 0.0702. The third-order valence-electron chi connectivity index (χ3n) is 4.83. The van der Waals surface area contributed by atoms with E-state index in [1.807, 2.05) is 33.2 Å². The number of aryl methyl sites for hydroxylation is 1. The van der Waals surface area contributed by atoms with Gasteiger partial charge in [-0.1, -0.05) is 18.2 Å². The second-order valence-corrected chi connectivity index (χ2v) is 8.78. The Morgan fingerprint density at radius 3 is 2.77 bits per heavy atom. The molecule has 0 aliphatic carbocycles. The van der Waals surface area contributed by atoms with Gasteiger partial charge >= 0.3 is 0 Å². The molecule has 0 spiro atoms. The molecule has 2 saturated heterocycles. The lowest BCUT2D eigenvalue weighted by Crippen LogP contribution is -2.41. The van der Waals surface area contributed by atoms with Crippen molar-refractivity contribution in [3.8, 4) is 0 Å². The Kier molecular flexibility index (Phi) is 4.05. The van der Waals surface area contributed by atoms with Gasteiger partial charge in [0.15, 0.2) is 0 Å². The lowest BCUT2D eigenvalue weighted by atomic mass is 9.81. The summed E-state index contributed by atoms with van der Waals surface area (Å²) in [5, 5.41) is 0. The molecule has 122 valence electrons. The summed E-state index contributed by atoms with van der Waals surface area (Å²) in [5.41, 5.74) is 0.733. The lowest BCUT2D eigenvalue weighted by Gasteiger charge is -2.30. The molecule has 22 heavy (non-hydrogen) atoms. The van der Waals surface area contributed by atoms with Crippen LogP contribution in [0.4, 0.5) is 0 Å². The quantitative estimate of drug-likeness (QED) is 0.835. The van der Waals surface area contributed by atoms with Gasteiger partial charge in [0, 0.05) is 31.0 Å². The molecule has 2 atom stereocenters. The molecule has 2 heterocycles. The summed E-state index contributed by atoms with van der Waals surface area (Å²) in [7, 11) is 0.635. The van der Waals surface area contributed by atoms with Crippen molar-refractivity contribution in [3.05, 3.63) is 29.8 Å². The Morgan fingerprint density at radius 1 is 1.36 bits per heavy atom. The van der Waals surface area contributed by atoms with Gasteiger partial charge in [-0.15, -0.1) is 0 Å². The molecular formula is C16H24N2O3S. The van der Waals surface area contributed by atoms with Crippen LogP contribution in [0.2, 0.25) is 0 Å². The van der Waals surface area contributed by atoms with Crippen LogP contribution >= 0.6 is 0 Å². The molecule has 0 unspecified atom stereocenters. The summed E-state index contributed by atoms with van der Waals surface area (Å²) in [6.45, 7) is 5.13. The maximum Gasteiger partial charge on any atom is 0.243 e. The van der Waals surface area contributed by atoms with Crippen molar-refractivity contribution in [1.82, 2.24) is 9.21 Å². The molecule has 1 aromatic rings. The number of fused-ring (bicyclic) bond motifs is 1. The molecule has 0 aromatic heterocycles. The largest absolute Gasteiger partial charge is 0.380 e. The average molecular weight is 324 g/mol. The summed E-state index contributed by atoms with van der Waals surface area (Å²) in [5.74, 6) is 0.286. The Hall–Kier alpha value is -0.950. The Morgan fingerprint density at radius 2 is 2.09 bits per heavy atom. The van der Waals surface area contributed by atoms with Gasteiger partial charge in [0.1, 0.15) is 0 Å². The number of ether oxygens (including phenoxy) is 1. The zero-order chi connectivity index (χ0) is 16.0. The number of benzene rings is 1. The van der Waals surface area contributed by atoms with Gasteiger partial charge in [-0.2, -0.15) is 4.31 Å². The normalized spacial score (nSPS) is 29.2. The molecule has 6 heteroatoms. The van der Waals surface area contributed by atoms with Crippen LogP contribution in [0.5, 0.6) is 0 Å². The molecule has 5 nitrogen and oxygen atoms in total. The van der Waals surface area contributed by atoms with E-state index in [-0.39, 0.29) is 11.3 Å². The molecule has 2 aliphatic heterocycles. The minimum Gasteiger partial charge on any atom is -0.380 e. The first-order valence-electron chi connectivity index (χ1n) is 7.63. The van der Waals surface area contributed by atoms with E-state index < -0.39 is 10.0 Å². The van der Waals surface area contributed by atoms with Gasteiger partial charge in [0.25, 0.3) is 0 Å². The van der Waals surface area contributed by atoms with E-state index >= 15 is 0 Å². The molecule has 0 saturated carbocycles. The molecule has 2 fully saturated rings. The summed E-state index contributed by atoms with van der Waals surface area (Å²) < 4.78 is 33.3. The molecule has 0 amide bonds. The number of rotatable bonds is 4. The van der Waals surface area contributed by atoms with Crippen LogP contribution in [0, 0.1) is 18.3 Å². The van der Waals surface area contributed by atoms with E-state index in [2.05, 4.69) is 4.90 Å². The summed E-state index contributed by atoms with van der Waals surface area (Å²) in [6, 6.07) is 7.21. The highest BCUT2D eigenvalue weighted by Crippen LogP contribution is 2.43. The first-order valence-corrected chi connectivity index (χ1v) is 9.07. The van der Waals surface area contributed by atoms with Crippen LogP contribution in [0.25, 0.3) is 0 Å². The van der Waals surface area contributed by atoms with Crippen LogP contribution in [-0.4, -0.2) is 64.6 Å². The first-order chi connectivity index (χ1) is 10.3. The van der Waals surface area contributed by atoms with E-state index in [0.717, 1.165) is 12.1 Å². The number of hydrogen-bond donors (Lipinski definition) is 0. The fraction of sp³-hybridized carbons (Fsp3) is 0.625. The molecule has 1 aromatic carbocycles. The van der Waals surface area contributed by atoms with E-state index in [1.165, 1.54) is 0 Å². The predicted octanol–water partition coefficient (Wildman–Crippen LogP) is 1.19. The predicted molar refractivity (Wildman–Crippen MR) is 85.2 cm³/mol. The van der Waals surface area contributed by atoms with Crippen molar-refractivity contribution < 1.29 is 13.2 Å². The number of nitrogens with zero attached hydrogens (tertiary/aromatic N) is 2. The van der Waals surface area contributed by atoms with Gasteiger partial charge < -0.3 is 9.64 Å². The summed E-state index contributed by atoms with van der Waals surface area (Å²) >= 11 is 0. The van der Waals surface area contributed by atoms with Gasteiger partial charge in [-0.05, 0) is 32.6 Å². The minimum atomic E-state index is -3.43. The molecule has 0 N–H and O–H groups in total. The van der Waals surface area contributed by atoms with Crippen molar-refractivity contribution in [2.45, 2.75) is 11.8 Å². The maximum atomic E-state index is 13.0.